The van der Waals surface area contributed by atoms with Crippen LogP contribution in [0.3, 0.4) is 0 Å². The fourth-order valence-electron chi connectivity index (χ4n) is 2.15. The van der Waals surface area contributed by atoms with E-state index in [2.05, 4.69) is 4.98 Å². The molecule has 0 aliphatic rings. The molecule has 3 rings (SSSR count). The molecule has 1 heterocycles. The number of hydrogen-bond donors (Lipinski definition) is 1. The molecular formula is C14H8N4O6. The van der Waals surface area contributed by atoms with E-state index >= 15 is 0 Å². The summed E-state index contributed by atoms with van der Waals surface area (Å²) >= 11 is 0. The van der Waals surface area contributed by atoms with E-state index in [4.69, 9.17) is 10.2 Å². The summed E-state index contributed by atoms with van der Waals surface area (Å²) in [6.45, 7) is 0. The minimum atomic E-state index is -0.748. The zero-order valence-electron chi connectivity index (χ0n) is 11.8. The molecule has 0 aliphatic heterocycles. The summed E-state index contributed by atoms with van der Waals surface area (Å²) in [6, 6.07) is 7.13. The summed E-state index contributed by atoms with van der Waals surface area (Å²) in [5, 5.41) is 21.6. The lowest BCUT2D eigenvalue weighted by Crippen LogP contribution is -2.04. The van der Waals surface area contributed by atoms with E-state index in [0.717, 1.165) is 12.1 Å². The maximum absolute atomic E-state index is 12.0. The maximum atomic E-state index is 12.0. The van der Waals surface area contributed by atoms with Crippen molar-refractivity contribution in [2.45, 2.75) is 0 Å². The lowest BCUT2D eigenvalue weighted by molar-refractivity contribution is -0.384. The number of non-ortho nitro benzene ring substituents is 2. The third-order valence-electron chi connectivity index (χ3n) is 3.30. The van der Waals surface area contributed by atoms with Crippen LogP contribution in [-0.4, -0.2) is 14.8 Å². The molecule has 1 aromatic heterocycles. The summed E-state index contributed by atoms with van der Waals surface area (Å²) < 4.78 is 5.07. The Morgan fingerprint density at radius 2 is 1.62 bits per heavy atom. The van der Waals surface area contributed by atoms with Gasteiger partial charge in [0.05, 0.1) is 32.0 Å². The number of aromatic nitrogens is 1. The topological polar surface area (TPSA) is 155 Å². The van der Waals surface area contributed by atoms with Crippen molar-refractivity contribution in [2.24, 2.45) is 0 Å². The molecule has 10 heteroatoms. The largest absolute Gasteiger partial charge is 0.403 e. The number of nitro groups is 2. The van der Waals surface area contributed by atoms with Gasteiger partial charge in [-0.1, -0.05) is 0 Å². The van der Waals surface area contributed by atoms with Crippen LogP contribution in [-0.2, 0) is 0 Å². The fraction of sp³-hybridized carbons (Fsp3) is 0. The number of nitrogen functional groups attached to an aromatic ring is 1. The van der Waals surface area contributed by atoms with Crippen molar-refractivity contribution in [3.8, 4) is 11.5 Å². The summed E-state index contributed by atoms with van der Waals surface area (Å²) in [6.07, 6.45) is 0. The predicted octanol–water partition coefficient (Wildman–Crippen LogP) is 2.25. The SMILES string of the molecule is Nc1cc([N+](=O)[O-])ccc1-c1nc2cc([N+](=O)[O-])ccc2c(=O)o1. The van der Waals surface area contributed by atoms with Crippen LogP contribution in [0.4, 0.5) is 17.1 Å². The average Bonchev–Trinajstić information content (AvgIpc) is 2.53. The van der Waals surface area contributed by atoms with Crippen molar-refractivity contribution in [3.05, 3.63) is 67.0 Å². The van der Waals surface area contributed by atoms with Crippen molar-refractivity contribution in [3.63, 3.8) is 0 Å². The van der Waals surface area contributed by atoms with Crippen molar-refractivity contribution < 1.29 is 14.3 Å². The first kappa shape index (κ1) is 15.1. The van der Waals surface area contributed by atoms with Gasteiger partial charge in [-0.05, 0) is 12.1 Å². The second-order valence-electron chi connectivity index (χ2n) is 4.79. The van der Waals surface area contributed by atoms with Crippen LogP contribution in [0.2, 0.25) is 0 Å². The predicted molar refractivity (Wildman–Crippen MR) is 83.4 cm³/mol. The Balaban J connectivity index is 2.21. The Morgan fingerprint density at radius 3 is 2.25 bits per heavy atom. The number of anilines is 1. The standard InChI is InChI=1S/C14H8N4O6/c15-11-5-7(17(20)21)1-3-9(11)13-16-12-6-8(18(22)23)2-4-10(12)14(19)24-13/h1-6H,15H2. The molecule has 0 radical (unpaired) electrons. The van der Waals surface area contributed by atoms with Gasteiger partial charge in [-0.3, -0.25) is 20.2 Å². The van der Waals surface area contributed by atoms with E-state index in [9.17, 15) is 25.0 Å². The monoisotopic (exact) mass is 328 g/mol. The van der Waals surface area contributed by atoms with Crippen molar-refractivity contribution in [2.75, 3.05) is 5.73 Å². The molecule has 2 N–H and O–H groups in total. The van der Waals surface area contributed by atoms with Crippen LogP contribution in [0, 0.1) is 20.2 Å². The second-order valence-corrected chi connectivity index (χ2v) is 4.79. The smallest absolute Gasteiger partial charge is 0.347 e. The second kappa shape index (κ2) is 5.43. The molecule has 0 atom stereocenters. The van der Waals surface area contributed by atoms with Gasteiger partial charge in [0.1, 0.15) is 0 Å². The van der Waals surface area contributed by atoms with E-state index in [1.165, 1.54) is 24.3 Å². The van der Waals surface area contributed by atoms with Gasteiger partial charge < -0.3 is 10.2 Å². The van der Waals surface area contributed by atoms with Gasteiger partial charge in [-0.2, -0.15) is 0 Å². The van der Waals surface area contributed by atoms with Crippen LogP contribution in [0.1, 0.15) is 0 Å². The number of nitrogens with two attached hydrogens (primary N) is 1. The van der Waals surface area contributed by atoms with Crippen molar-refractivity contribution in [1.82, 2.24) is 4.98 Å². The number of fused-ring (bicyclic) bond motifs is 1. The summed E-state index contributed by atoms with van der Waals surface area (Å²) in [7, 11) is 0. The molecule has 0 unspecified atom stereocenters. The van der Waals surface area contributed by atoms with E-state index in [1.807, 2.05) is 0 Å². The van der Waals surface area contributed by atoms with Gasteiger partial charge in [-0.25, -0.2) is 9.78 Å². The Bertz CT molecular complexity index is 1060. The van der Waals surface area contributed by atoms with Crippen LogP contribution >= 0.6 is 0 Å². The van der Waals surface area contributed by atoms with Gasteiger partial charge in [0.25, 0.3) is 11.4 Å². The van der Waals surface area contributed by atoms with Crippen LogP contribution in [0.25, 0.3) is 22.4 Å². The number of hydrogen-bond acceptors (Lipinski definition) is 8. The molecule has 2 aromatic carbocycles. The third-order valence-corrected chi connectivity index (χ3v) is 3.30. The van der Waals surface area contributed by atoms with Gasteiger partial charge in [0, 0.05) is 24.3 Å². The lowest BCUT2D eigenvalue weighted by Gasteiger charge is -2.04. The zero-order valence-corrected chi connectivity index (χ0v) is 11.8. The number of nitrogens with zero attached hydrogens (tertiary/aromatic N) is 3. The zero-order chi connectivity index (χ0) is 17.4. The molecule has 0 saturated heterocycles. The molecule has 0 spiro atoms. The van der Waals surface area contributed by atoms with E-state index in [1.54, 1.807) is 0 Å². The highest BCUT2D eigenvalue weighted by Crippen LogP contribution is 2.28. The Labute approximate surface area is 132 Å². The number of nitro benzene ring substituents is 2. The van der Waals surface area contributed by atoms with Crippen LogP contribution in [0.5, 0.6) is 0 Å². The minimum absolute atomic E-state index is 0.00960. The molecular weight excluding hydrogens is 320 g/mol. The van der Waals surface area contributed by atoms with Gasteiger partial charge >= 0.3 is 5.63 Å². The maximum Gasteiger partial charge on any atom is 0.347 e. The molecule has 0 fully saturated rings. The molecule has 10 nitrogen and oxygen atoms in total. The minimum Gasteiger partial charge on any atom is -0.403 e. The molecule has 24 heavy (non-hydrogen) atoms. The number of benzene rings is 2. The Morgan fingerprint density at radius 1 is 1.00 bits per heavy atom. The fourth-order valence-corrected chi connectivity index (χ4v) is 2.15. The molecule has 0 bridgehead atoms. The summed E-state index contributed by atoms with van der Waals surface area (Å²) in [4.78, 5) is 36.4. The van der Waals surface area contributed by atoms with Crippen LogP contribution in [0.15, 0.2) is 45.6 Å². The lowest BCUT2D eigenvalue weighted by atomic mass is 10.1. The summed E-state index contributed by atoms with van der Waals surface area (Å²) in [5.74, 6) is -0.180. The van der Waals surface area contributed by atoms with Gasteiger partial charge in [-0.15, -0.1) is 0 Å². The highest BCUT2D eigenvalue weighted by molar-refractivity contribution is 5.82. The third kappa shape index (κ3) is 2.52. The van der Waals surface area contributed by atoms with E-state index in [-0.39, 0.29) is 39.4 Å². The van der Waals surface area contributed by atoms with Crippen molar-refractivity contribution >= 4 is 28.0 Å². The highest BCUT2D eigenvalue weighted by Gasteiger charge is 2.16. The van der Waals surface area contributed by atoms with Crippen LogP contribution < -0.4 is 11.4 Å². The Hall–Kier alpha value is -3.82. The van der Waals surface area contributed by atoms with E-state index < -0.39 is 15.5 Å². The highest BCUT2D eigenvalue weighted by atomic mass is 16.6. The molecule has 0 saturated carbocycles. The molecule has 3 aromatic rings. The van der Waals surface area contributed by atoms with E-state index in [0.29, 0.717) is 0 Å². The van der Waals surface area contributed by atoms with Crippen molar-refractivity contribution in [1.29, 1.82) is 0 Å². The average molecular weight is 328 g/mol. The van der Waals surface area contributed by atoms with Gasteiger partial charge in [0.15, 0.2) is 0 Å². The normalized spacial score (nSPS) is 10.7. The first-order valence-electron chi connectivity index (χ1n) is 6.50. The molecule has 120 valence electrons. The molecule has 0 aliphatic carbocycles. The number of rotatable bonds is 3. The molecule has 0 amide bonds. The summed E-state index contributed by atoms with van der Waals surface area (Å²) in [5.41, 5.74) is 4.77. The first-order chi connectivity index (χ1) is 11.4. The quantitative estimate of drug-likeness (QED) is 0.436. The van der Waals surface area contributed by atoms with Gasteiger partial charge in [0.2, 0.25) is 5.89 Å². The Kier molecular flexibility index (Phi) is 3.41. The first-order valence-corrected chi connectivity index (χ1v) is 6.50.